The number of nitrogens with zero attached hydrogens (tertiary/aromatic N) is 1. The maximum absolute atomic E-state index is 10.5. The lowest BCUT2D eigenvalue weighted by atomic mass is 10.1. The first-order valence-electron chi connectivity index (χ1n) is 4.52. The third kappa shape index (κ3) is 2.13. The number of primary amides is 1. The normalized spacial score (nSPS) is 9.56. The molecule has 1 heterocycles. The first-order valence-corrected chi connectivity index (χ1v) is 4.90. The predicted octanol–water partition coefficient (Wildman–Crippen LogP) is 1.73. The van der Waals surface area contributed by atoms with Crippen molar-refractivity contribution in [2.75, 3.05) is 0 Å². The Kier molecular flexibility index (Phi) is 2.76. The summed E-state index contributed by atoms with van der Waals surface area (Å²) in [4.78, 5) is 14.7. The van der Waals surface area contributed by atoms with E-state index in [0.29, 0.717) is 10.6 Å². The van der Waals surface area contributed by atoms with Crippen molar-refractivity contribution in [3.8, 4) is 11.8 Å². The second-order valence-electron chi connectivity index (χ2n) is 3.14. The van der Waals surface area contributed by atoms with Crippen molar-refractivity contribution >= 4 is 28.4 Å². The Bertz CT molecular complexity index is 626. The largest absolute Gasteiger partial charge is 0.359 e. The van der Waals surface area contributed by atoms with Gasteiger partial charge in [0, 0.05) is 17.1 Å². The molecule has 0 saturated carbocycles. The third-order valence-corrected chi connectivity index (χ3v) is 2.35. The summed E-state index contributed by atoms with van der Waals surface area (Å²) >= 11 is 6.01. The molecule has 3 nitrogen and oxygen atoms in total. The Morgan fingerprint density at radius 3 is 2.94 bits per heavy atom. The Hall–Kier alpha value is -2.05. The molecule has 0 spiro atoms. The fourth-order valence-electron chi connectivity index (χ4n) is 1.32. The van der Waals surface area contributed by atoms with Crippen LogP contribution in [0, 0.1) is 11.8 Å². The number of benzene rings is 1. The highest BCUT2D eigenvalue weighted by atomic mass is 35.5. The van der Waals surface area contributed by atoms with Gasteiger partial charge in [0.25, 0.3) is 5.91 Å². The summed E-state index contributed by atoms with van der Waals surface area (Å²) in [7, 11) is 0. The van der Waals surface area contributed by atoms with Crippen molar-refractivity contribution in [3.63, 3.8) is 0 Å². The number of fused-ring (bicyclic) bond motifs is 1. The summed E-state index contributed by atoms with van der Waals surface area (Å²) in [6.45, 7) is 0. The van der Waals surface area contributed by atoms with E-state index >= 15 is 0 Å². The zero-order valence-corrected chi connectivity index (χ0v) is 8.95. The van der Waals surface area contributed by atoms with E-state index < -0.39 is 5.91 Å². The minimum Gasteiger partial charge on any atom is -0.359 e. The smallest absolute Gasteiger partial charge is 0.293 e. The number of halogens is 1. The highest BCUT2D eigenvalue weighted by Crippen LogP contribution is 2.21. The molecule has 0 fully saturated rings. The molecule has 2 N–H and O–H groups in total. The third-order valence-electron chi connectivity index (χ3n) is 2.02. The molecule has 0 aliphatic carbocycles. The molecule has 4 heteroatoms. The first kappa shape index (κ1) is 10.5. The molecular weight excluding hydrogens is 224 g/mol. The summed E-state index contributed by atoms with van der Waals surface area (Å²) in [6.07, 6.45) is 1.64. The van der Waals surface area contributed by atoms with E-state index in [1.165, 1.54) is 0 Å². The molecule has 0 radical (unpaired) electrons. The number of amides is 1. The lowest BCUT2D eigenvalue weighted by Crippen LogP contribution is -2.06. The molecule has 16 heavy (non-hydrogen) atoms. The van der Waals surface area contributed by atoms with Crippen LogP contribution < -0.4 is 5.73 Å². The van der Waals surface area contributed by atoms with E-state index in [1.807, 2.05) is 0 Å². The van der Waals surface area contributed by atoms with Gasteiger partial charge in [-0.25, -0.2) is 0 Å². The zero-order chi connectivity index (χ0) is 11.5. The van der Waals surface area contributed by atoms with Gasteiger partial charge >= 0.3 is 0 Å². The van der Waals surface area contributed by atoms with Crippen molar-refractivity contribution in [3.05, 3.63) is 41.0 Å². The van der Waals surface area contributed by atoms with Crippen molar-refractivity contribution in [2.24, 2.45) is 5.73 Å². The summed E-state index contributed by atoms with van der Waals surface area (Å²) in [5.41, 5.74) is 6.40. The Morgan fingerprint density at radius 1 is 1.38 bits per heavy atom. The Morgan fingerprint density at radius 2 is 2.19 bits per heavy atom. The molecule has 0 aliphatic heterocycles. The van der Waals surface area contributed by atoms with Crippen LogP contribution in [0.25, 0.3) is 10.9 Å². The van der Waals surface area contributed by atoms with Crippen LogP contribution in [0.2, 0.25) is 5.02 Å². The molecule has 0 atom stereocenters. The predicted molar refractivity (Wildman–Crippen MR) is 62.8 cm³/mol. The van der Waals surface area contributed by atoms with Gasteiger partial charge in [0.2, 0.25) is 0 Å². The Balaban J connectivity index is 2.57. The van der Waals surface area contributed by atoms with Gasteiger partial charge in [-0.3, -0.25) is 9.78 Å². The van der Waals surface area contributed by atoms with Gasteiger partial charge in [0.15, 0.2) is 0 Å². The number of nitrogens with two attached hydrogens (primary N) is 1. The highest BCUT2D eigenvalue weighted by molar-refractivity contribution is 6.35. The quantitative estimate of drug-likeness (QED) is 0.701. The number of rotatable bonds is 0. The van der Waals surface area contributed by atoms with E-state index in [2.05, 4.69) is 16.8 Å². The topological polar surface area (TPSA) is 56.0 Å². The van der Waals surface area contributed by atoms with Gasteiger partial charge < -0.3 is 5.73 Å². The van der Waals surface area contributed by atoms with Crippen molar-refractivity contribution < 1.29 is 4.79 Å². The average molecular weight is 231 g/mol. The molecule has 0 aliphatic rings. The maximum Gasteiger partial charge on any atom is 0.293 e. The molecule has 1 aromatic heterocycles. The summed E-state index contributed by atoms with van der Waals surface area (Å²) in [5, 5.41) is 1.41. The standard InChI is InChI=1S/C12H7ClN2O/c13-10-5-6-15-11-3-1-8(7-9(10)11)2-4-12(14)16/h1,3,5-7H,(H2,14,16). The molecule has 0 bridgehead atoms. The number of hydrogen-bond donors (Lipinski definition) is 1. The van der Waals surface area contributed by atoms with E-state index in [4.69, 9.17) is 17.3 Å². The maximum atomic E-state index is 10.5. The second-order valence-corrected chi connectivity index (χ2v) is 3.55. The van der Waals surface area contributed by atoms with Crippen LogP contribution >= 0.6 is 11.6 Å². The first-order chi connectivity index (χ1) is 7.66. The van der Waals surface area contributed by atoms with Gasteiger partial charge in [-0.05, 0) is 30.2 Å². The SMILES string of the molecule is NC(=O)C#Cc1ccc2nccc(Cl)c2c1. The lowest BCUT2D eigenvalue weighted by molar-refractivity contribution is -0.112. The molecule has 2 rings (SSSR count). The molecule has 2 aromatic rings. The molecule has 0 saturated heterocycles. The molecule has 1 aromatic carbocycles. The van der Waals surface area contributed by atoms with Crippen LogP contribution in [0.15, 0.2) is 30.5 Å². The van der Waals surface area contributed by atoms with Crippen LogP contribution in [0.4, 0.5) is 0 Å². The summed E-state index contributed by atoms with van der Waals surface area (Å²) in [6, 6.07) is 7.05. The fourth-order valence-corrected chi connectivity index (χ4v) is 1.53. The van der Waals surface area contributed by atoms with E-state index in [0.717, 1.165) is 10.9 Å². The molecule has 1 amide bonds. The minimum absolute atomic E-state index is 0.604. The lowest BCUT2D eigenvalue weighted by Gasteiger charge is -1.99. The van der Waals surface area contributed by atoms with E-state index in [9.17, 15) is 4.79 Å². The van der Waals surface area contributed by atoms with Gasteiger partial charge in [-0.15, -0.1) is 0 Å². The van der Waals surface area contributed by atoms with Gasteiger partial charge in [-0.1, -0.05) is 17.5 Å². The molecular formula is C12H7ClN2O. The van der Waals surface area contributed by atoms with Crippen LogP contribution in [-0.4, -0.2) is 10.9 Å². The van der Waals surface area contributed by atoms with Gasteiger partial charge in [0.1, 0.15) is 0 Å². The number of pyridine rings is 1. The number of hydrogen-bond acceptors (Lipinski definition) is 2. The highest BCUT2D eigenvalue weighted by Gasteiger charge is 1.99. The number of carbonyl (C=O) groups is 1. The van der Waals surface area contributed by atoms with Crippen LogP contribution in [0.1, 0.15) is 5.56 Å². The van der Waals surface area contributed by atoms with Crippen LogP contribution in [0.3, 0.4) is 0 Å². The number of aromatic nitrogens is 1. The summed E-state index contributed by atoms with van der Waals surface area (Å²) in [5.74, 6) is 4.27. The van der Waals surface area contributed by atoms with Crippen molar-refractivity contribution in [1.82, 2.24) is 4.98 Å². The number of carbonyl (C=O) groups excluding carboxylic acids is 1. The van der Waals surface area contributed by atoms with Crippen molar-refractivity contribution in [1.29, 1.82) is 0 Å². The molecule has 0 unspecified atom stereocenters. The molecule has 78 valence electrons. The van der Waals surface area contributed by atoms with Gasteiger partial charge in [-0.2, -0.15) is 0 Å². The van der Waals surface area contributed by atoms with Gasteiger partial charge in [0.05, 0.1) is 10.5 Å². The van der Waals surface area contributed by atoms with E-state index in [1.54, 1.807) is 30.5 Å². The van der Waals surface area contributed by atoms with Crippen molar-refractivity contribution in [2.45, 2.75) is 0 Å². The average Bonchev–Trinajstić information content (AvgIpc) is 2.27. The zero-order valence-electron chi connectivity index (χ0n) is 8.20. The van der Waals surface area contributed by atoms with Crippen LogP contribution in [0.5, 0.6) is 0 Å². The second kappa shape index (κ2) is 4.21. The van der Waals surface area contributed by atoms with E-state index in [-0.39, 0.29) is 0 Å². The Labute approximate surface area is 97.2 Å². The fraction of sp³-hybridized carbons (Fsp3) is 0. The summed E-state index contributed by atoms with van der Waals surface area (Å²) < 4.78 is 0. The van der Waals surface area contributed by atoms with Crippen LogP contribution in [-0.2, 0) is 4.79 Å². The monoisotopic (exact) mass is 230 g/mol. The minimum atomic E-state index is -0.655.